The third-order valence-electron chi connectivity index (χ3n) is 3.81. The smallest absolute Gasteiger partial charge is 0.307 e. The van der Waals surface area contributed by atoms with Crippen LogP contribution in [-0.2, 0) is 19.2 Å². The molecule has 1 aliphatic rings. The number of hydrogen-bond acceptors (Lipinski definition) is 4. The summed E-state index contributed by atoms with van der Waals surface area (Å²) in [6, 6.07) is 0. The molecule has 0 aromatic heterocycles. The maximum Gasteiger partial charge on any atom is 0.307 e. The molecule has 0 aliphatic heterocycles. The fourth-order valence-corrected chi connectivity index (χ4v) is 2.93. The summed E-state index contributed by atoms with van der Waals surface area (Å²) in [6.45, 7) is 0. The van der Waals surface area contributed by atoms with E-state index in [0.29, 0.717) is 36.8 Å². The molecule has 132 valence electrons. The summed E-state index contributed by atoms with van der Waals surface area (Å²) in [7, 11) is 0. The molecule has 24 heavy (non-hydrogen) atoms. The van der Waals surface area contributed by atoms with Gasteiger partial charge in [0.25, 0.3) is 0 Å². The molecule has 0 heterocycles. The van der Waals surface area contributed by atoms with E-state index in [1.54, 1.807) is 0 Å². The van der Waals surface area contributed by atoms with Crippen molar-refractivity contribution in [3.8, 4) is 0 Å². The molecular weight excluding hydrogens is 320 g/mol. The quantitative estimate of drug-likeness (QED) is 0.524. The van der Waals surface area contributed by atoms with E-state index in [9.17, 15) is 19.2 Å². The Hall–Kier alpha value is -2.64. The second kappa shape index (κ2) is 8.85. The van der Waals surface area contributed by atoms with Gasteiger partial charge in [-0.3, -0.25) is 19.2 Å². The van der Waals surface area contributed by atoms with Gasteiger partial charge in [-0.15, -0.1) is 0 Å². The van der Waals surface area contributed by atoms with E-state index in [0.717, 1.165) is 0 Å². The van der Waals surface area contributed by atoms with Gasteiger partial charge in [0.05, 0.1) is 25.7 Å². The van der Waals surface area contributed by atoms with Crippen LogP contribution >= 0.6 is 0 Å². The first kappa shape index (κ1) is 19.4. The summed E-state index contributed by atoms with van der Waals surface area (Å²) >= 11 is 0. The Bertz CT molecular complexity index is 558. The topological polar surface area (TPSA) is 149 Å². The lowest BCUT2D eigenvalue weighted by Gasteiger charge is -2.22. The van der Waals surface area contributed by atoms with Crippen molar-refractivity contribution in [2.24, 2.45) is 0 Å². The van der Waals surface area contributed by atoms with Crippen LogP contribution in [0.1, 0.15) is 51.4 Å². The molecule has 0 aromatic carbocycles. The lowest BCUT2D eigenvalue weighted by atomic mass is 9.82. The highest BCUT2D eigenvalue weighted by atomic mass is 16.4. The van der Waals surface area contributed by atoms with E-state index >= 15 is 0 Å². The summed E-state index contributed by atoms with van der Waals surface area (Å²) in [5.41, 5.74) is 1.04. The van der Waals surface area contributed by atoms with Crippen LogP contribution in [0.2, 0.25) is 0 Å². The Morgan fingerprint density at radius 1 is 0.583 bits per heavy atom. The largest absolute Gasteiger partial charge is 0.481 e. The molecule has 0 fully saturated rings. The molecular formula is C16H20O8. The first-order valence-electron chi connectivity index (χ1n) is 7.50. The molecule has 8 nitrogen and oxygen atoms in total. The average molecular weight is 340 g/mol. The molecule has 0 spiro atoms. The maximum absolute atomic E-state index is 11.2. The van der Waals surface area contributed by atoms with Gasteiger partial charge in [-0.1, -0.05) is 11.1 Å². The van der Waals surface area contributed by atoms with Gasteiger partial charge >= 0.3 is 23.9 Å². The van der Waals surface area contributed by atoms with Crippen molar-refractivity contribution in [1.29, 1.82) is 0 Å². The molecule has 1 rings (SSSR count). The molecule has 1 aliphatic carbocycles. The molecule has 0 saturated carbocycles. The van der Waals surface area contributed by atoms with Gasteiger partial charge in [-0.05, 0) is 36.8 Å². The van der Waals surface area contributed by atoms with Crippen molar-refractivity contribution in [1.82, 2.24) is 0 Å². The molecule has 0 atom stereocenters. The van der Waals surface area contributed by atoms with Crippen LogP contribution in [0.25, 0.3) is 0 Å². The van der Waals surface area contributed by atoms with Gasteiger partial charge in [-0.25, -0.2) is 0 Å². The van der Waals surface area contributed by atoms with Gasteiger partial charge in [0.15, 0.2) is 0 Å². The predicted octanol–water partition coefficient (Wildman–Crippen LogP) is 2.05. The second-order valence-corrected chi connectivity index (χ2v) is 5.65. The van der Waals surface area contributed by atoms with Crippen molar-refractivity contribution in [2.75, 3.05) is 0 Å². The first-order valence-corrected chi connectivity index (χ1v) is 7.50. The minimum atomic E-state index is -1.22. The summed E-state index contributed by atoms with van der Waals surface area (Å²) in [5, 5.41) is 36.4. The Morgan fingerprint density at radius 2 is 0.875 bits per heavy atom. The maximum atomic E-state index is 11.2. The third kappa shape index (κ3) is 6.23. The summed E-state index contributed by atoms with van der Waals surface area (Å²) < 4.78 is 0. The van der Waals surface area contributed by atoms with Crippen molar-refractivity contribution in [3.63, 3.8) is 0 Å². The fourth-order valence-electron chi connectivity index (χ4n) is 2.93. The SMILES string of the molecule is O=C(O)C/C1=C(CC(=O)O)/C(CC(=O)O)=C(/CC(=O)O)CCCC1. The van der Waals surface area contributed by atoms with E-state index in [4.69, 9.17) is 20.4 Å². The number of carboxylic acid groups (broad SMARTS) is 4. The van der Waals surface area contributed by atoms with E-state index in [2.05, 4.69) is 0 Å². The summed E-state index contributed by atoms with van der Waals surface area (Å²) in [4.78, 5) is 44.5. The van der Waals surface area contributed by atoms with E-state index in [-0.39, 0.29) is 24.0 Å². The Balaban J connectivity index is 3.54. The van der Waals surface area contributed by atoms with Crippen molar-refractivity contribution in [2.45, 2.75) is 51.4 Å². The number of hydrogen-bond donors (Lipinski definition) is 4. The molecule has 8 heteroatoms. The zero-order valence-electron chi connectivity index (χ0n) is 13.1. The number of carbonyl (C=O) groups is 4. The summed E-state index contributed by atoms with van der Waals surface area (Å²) in [6.07, 6.45) is 0.0992. The Kier molecular flexibility index (Phi) is 7.16. The van der Waals surface area contributed by atoms with Crippen molar-refractivity contribution < 1.29 is 39.6 Å². The normalized spacial score (nSPS) is 21.7. The van der Waals surface area contributed by atoms with Gasteiger partial charge in [0, 0.05) is 0 Å². The third-order valence-corrected chi connectivity index (χ3v) is 3.81. The minimum Gasteiger partial charge on any atom is -0.481 e. The monoisotopic (exact) mass is 340 g/mol. The van der Waals surface area contributed by atoms with Crippen LogP contribution in [0.5, 0.6) is 0 Å². The highest BCUT2D eigenvalue weighted by molar-refractivity contribution is 5.79. The van der Waals surface area contributed by atoms with E-state index < -0.39 is 36.7 Å². The van der Waals surface area contributed by atoms with E-state index in [1.807, 2.05) is 0 Å². The van der Waals surface area contributed by atoms with Gasteiger partial charge < -0.3 is 20.4 Å². The van der Waals surface area contributed by atoms with E-state index in [1.165, 1.54) is 0 Å². The molecule has 0 saturated heterocycles. The van der Waals surface area contributed by atoms with Crippen LogP contribution in [0, 0.1) is 0 Å². The molecule has 0 aromatic rings. The lowest BCUT2D eigenvalue weighted by molar-refractivity contribution is -0.138. The first-order chi connectivity index (χ1) is 11.2. The highest BCUT2D eigenvalue weighted by Crippen LogP contribution is 2.35. The zero-order valence-corrected chi connectivity index (χ0v) is 13.1. The molecule has 0 radical (unpaired) electrons. The van der Waals surface area contributed by atoms with Crippen molar-refractivity contribution >= 4 is 23.9 Å². The zero-order chi connectivity index (χ0) is 18.3. The predicted molar refractivity (Wildman–Crippen MR) is 81.5 cm³/mol. The number of rotatable bonds is 8. The highest BCUT2D eigenvalue weighted by Gasteiger charge is 2.24. The average Bonchev–Trinajstić information content (AvgIpc) is 2.42. The van der Waals surface area contributed by atoms with Gasteiger partial charge in [0.1, 0.15) is 0 Å². The lowest BCUT2D eigenvalue weighted by Crippen LogP contribution is -2.14. The van der Waals surface area contributed by atoms with Gasteiger partial charge in [-0.2, -0.15) is 0 Å². The Labute approximate surface area is 138 Å². The van der Waals surface area contributed by atoms with Crippen LogP contribution in [0.4, 0.5) is 0 Å². The molecule has 4 N–H and O–H groups in total. The number of carboxylic acids is 4. The number of aliphatic carboxylic acids is 4. The van der Waals surface area contributed by atoms with Gasteiger partial charge in [0.2, 0.25) is 0 Å². The van der Waals surface area contributed by atoms with Crippen molar-refractivity contribution in [3.05, 3.63) is 22.3 Å². The standard InChI is InChI=1S/C16H20O8/c17-13(18)5-9-3-1-2-4-10(6-14(19)20)12(8-16(23)24)11(9)7-15(21)22/h1-8H2,(H,17,18)(H,19,20)(H,21,22)(H,23,24)/b11-9+,12-10+. The molecule has 0 unspecified atom stereocenters. The summed E-state index contributed by atoms with van der Waals surface area (Å²) in [5.74, 6) is -4.71. The molecule has 0 bridgehead atoms. The molecule has 0 amide bonds. The Morgan fingerprint density at radius 3 is 1.12 bits per heavy atom. The van der Waals surface area contributed by atoms with Crippen LogP contribution < -0.4 is 0 Å². The fraction of sp³-hybridized carbons (Fsp3) is 0.500. The second-order valence-electron chi connectivity index (χ2n) is 5.65. The van der Waals surface area contributed by atoms with Crippen LogP contribution in [0.15, 0.2) is 22.3 Å². The van der Waals surface area contributed by atoms with Crippen LogP contribution in [0.3, 0.4) is 0 Å². The minimum absolute atomic E-state index is 0.156. The van der Waals surface area contributed by atoms with Crippen LogP contribution in [-0.4, -0.2) is 44.3 Å².